The highest BCUT2D eigenvalue weighted by Crippen LogP contribution is 2.27. The molecule has 0 radical (unpaired) electrons. The van der Waals surface area contributed by atoms with Gasteiger partial charge in [-0.3, -0.25) is 4.90 Å². The van der Waals surface area contributed by atoms with Crippen molar-refractivity contribution in [3.05, 3.63) is 46.8 Å². The number of rotatable bonds is 3. The van der Waals surface area contributed by atoms with Gasteiger partial charge in [-0.1, -0.05) is 18.2 Å². The molecule has 5 nitrogen and oxygen atoms in total. The van der Waals surface area contributed by atoms with Gasteiger partial charge in [0.25, 0.3) is 0 Å². The van der Waals surface area contributed by atoms with E-state index in [0.29, 0.717) is 0 Å². The molecule has 2 aliphatic rings. The van der Waals surface area contributed by atoms with Gasteiger partial charge in [-0.15, -0.1) is 12.4 Å². The molecule has 0 spiro atoms. The van der Waals surface area contributed by atoms with Gasteiger partial charge in [-0.2, -0.15) is 0 Å². The zero-order valence-electron chi connectivity index (χ0n) is 15.0. The van der Waals surface area contributed by atoms with Gasteiger partial charge in [0, 0.05) is 56.3 Å². The first-order chi connectivity index (χ1) is 11.7. The molecule has 0 amide bonds. The third-order valence-corrected chi connectivity index (χ3v) is 4.95. The lowest BCUT2D eigenvalue weighted by molar-refractivity contribution is 0.249. The fourth-order valence-electron chi connectivity index (χ4n) is 3.74. The summed E-state index contributed by atoms with van der Waals surface area (Å²) in [7, 11) is 0. The van der Waals surface area contributed by atoms with E-state index < -0.39 is 0 Å². The Morgan fingerprint density at radius 1 is 1.04 bits per heavy atom. The van der Waals surface area contributed by atoms with Crippen LogP contribution in [0.3, 0.4) is 0 Å². The number of nitrogens with one attached hydrogen (secondary N) is 1. The molecule has 3 heterocycles. The van der Waals surface area contributed by atoms with Crippen molar-refractivity contribution in [2.24, 2.45) is 0 Å². The molecule has 2 aromatic rings. The summed E-state index contributed by atoms with van der Waals surface area (Å²) in [5.74, 6) is 0.884. The molecule has 25 heavy (non-hydrogen) atoms. The largest absolute Gasteiger partial charge is 0.384 e. The molecule has 2 aliphatic heterocycles. The van der Waals surface area contributed by atoms with Crippen molar-refractivity contribution in [1.82, 2.24) is 14.9 Å². The van der Waals surface area contributed by atoms with E-state index >= 15 is 0 Å². The number of piperazine rings is 1. The zero-order valence-corrected chi connectivity index (χ0v) is 15.8. The third-order valence-electron chi connectivity index (χ3n) is 4.95. The molecule has 1 aromatic carbocycles. The Bertz CT molecular complexity index is 720. The second kappa shape index (κ2) is 7.58. The number of fused-ring (bicyclic) bond motifs is 1. The lowest BCUT2D eigenvalue weighted by Gasteiger charge is -2.35. The van der Waals surface area contributed by atoms with Gasteiger partial charge < -0.3 is 10.2 Å². The standard InChI is InChI=1S/C19H25N5.ClH/c1-14-12-15(2)22-19(21-14)24-10-8-23(9-11-24)13-17-5-3-4-16-6-7-20-18(16)17;/h3-5,12,20H,6-11,13H2,1-2H3;1H. The molecule has 0 aliphatic carbocycles. The van der Waals surface area contributed by atoms with Crippen molar-refractivity contribution in [3.8, 4) is 0 Å². The van der Waals surface area contributed by atoms with Crippen molar-refractivity contribution in [2.75, 3.05) is 42.9 Å². The van der Waals surface area contributed by atoms with E-state index in [9.17, 15) is 0 Å². The van der Waals surface area contributed by atoms with Crippen LogP contribution in [0.4, 0.5) is 11.6 Å². The van der Waals surface area contributed by atoms with Crippen LogP contribution in [0.1, 0.15) is 22.5 Å². The molecular formula is C19H26ClN5. The van der Waals surface area contributed by atoms with Gasteiger partial charge >= 0.3 is 0 Å². The smallest absolute Gasteiger partial charge is 0.225 e. The number of para-hydroxylation sites is 1. The summed E-state index contributed by atoms with van der Waals surface area (Å²) >= 11 is 0. The van der Waals surface area contributed by atoms with E-state index in [1.165, 1.54) is 16.8 Å². The molecule has 1 fully saturated rings. The summed E-state index contributed by atoms with van der Waals surface area (Å²) in [6, 6.07) is 8.73. The lowest BCUT2D eigenvalue weighted by Crippen LogP contribution is -2.46. The van der Waals surface area contributed by atoms with Gasteiger partial charge in [0.1, 0.15) is 0 Å². The Hall–Kier alpha value is -1.85. The number of hydrogen-bond donors (Lipinski definition) is 1. The third kappa shape index (κ3) is 3.88. The van der Waals surface area contributed by atoms with Gasteiger partial charge in [0.05, 0.1) is 0 Å². The van der Waals surface area contributed by atoms with E-state index in [1.807, 2.05) is 19.9 Å². The Morgan fingerprint density at radius 2 is 1.76 bits per heavy atom. The van der Waals surface area contributed by atoms with Crippen molar-refractivity contribution in [3.63, 3.8) is 0 Å². The van der Waals surface area contributed by atoms with Crippen LogP contribution in [0.5, 0.6) is 0 Å². The van der Waals surface area contributed by atoms with Crippen LogP contribution < -0.4 is 10.2 Å². The van der Waals surface area contributed by atoms with Gasteiger partial charge in [0.15, 0.2) is 0 Å². The SMILES string of the molecule is Cc1cc(C)nc(N2CCN(Cc3cccc4c3NCC4)CC2)n1.Cl. The van der Waals surface area contributed by atoms with Crippen molar-refractivity contribution in [2.45, 2.75) is 26.8 Å². The minimum Gasteiger partial charge on any atom is -0.384 e. The molecule has 0 saturated carbocycles. The van der Waals surface area contributed by atoms with E-state index in [1.54, 1.807) is 0 Å². The van der Waals surface area contributed by atoms with Crippen LogP contribution in [-0.2, 0) is 13.0 Å². The number of aromatic nitrogens is 2. The summed E-state index contributed by atoms with van der Waals surface area (Å²) in [5, 5.41) is 3.55. The van der Waals surface area contributed by atoms with Crippen LogP contribution >= 0.6 is 12.4 Å². The molecule has 1 saturated heterocycles. The average molecular weight is 360 g/mol. The number of benzene rings is 1. The molecule has 6 heteroatoms. The van der Waals surface area contributed by atoms with Gasteiger partial charge in [-0.25, -0.2) is 9.97 Å². The van der Waals surface area contributed by atoms with Crippen LogP contribution in [0.2, 0.25) is 0 Å². The Balaban J connectivity index is 0.00000182. The molecule has 0 unspecified atom stereocenters. The molecular weight excluding hydrogens is 334 g/mol. The summed E-state index contributed by atoms with van der Waals surface area (Å²) < 4.78 is 0. The Labute approximate surface area is 155 Å². The fourth-order valence-corrected chi connectivity index (χ4v) is 3.74. The summed E-state index contributed by atoms with van der Waals surface area (Å²) in [6.07, 6.45) is 1.15. The van der Waals surface area contributed by atoms with Crippen molar-refractivity contribution >= 4 is 24.0 Å². The zero-order chi connectivity index (χ0) is 16.5. The molecule has 1 aromatic heterocycles. The highest BCUT2D eigenvalue weighted by Gasteiger charge is 2.21. The second-order valence-corrected chi connectivity index (χ2v) is 6.84. The van der Waals surface area contributed by atoms with Crippen LogP contribution in [0.25, 0.3) is 0 Å². The maximum Gasteiger partial charge on any atom is 0.225 e. The fraction of sp³-hybridized carbons (Fsp3) is 0.474. The van der Waals surface area contributed by atoms with Crippen molar-refractivity contribution in [1.29, 1.82) is 0 Å². The highest BCUT2D eigenvalue weighted by atomic mass is 35.5. The first-order valence-corrected chi connectivity index (χ1v) is 8.83. The average Bonchev–Trinajstić information content (AvgIpc) is 3.04. The minimum absolute atomic E-state index is 0. The Morgan fingerprint density at radius 3 is 2.48 bits per heavy atom. The number of hydrogen-bond acceptors (Lipinski definition) is 5. The van der Waals surface area contributed by atoms with E-state index in [4.69, 9.17) is 0 Å². The lowest BCUT2D eigenvalue weighted by atomic mass is 10.1. The first-order valence-electron chi connectivity index (χ1n) is 8.83. The quantitative estimate of drug-likeness (QED) is 0.912. The maximum absolute atomic E-state index is 4.60. The number of anilines is 2. The predicted molar refractivity (Wildman–Crippen MR) is 105 cm³/mol. The maximum atomic E-state index is 4.60. The van der Waals surface area contributed by atoms with Gasteiger partial charge in [-0.05, 0) is 37.5 Å². The molecule has 0 bridgehead atoms. The Kier molecular flexibility index (Phi) is 5.45. The van der Waals surface area contributed by atoms with Gasteiger partial charge in [0.2, 0.25) is 5.95 Å². The second-order valence-electron chi connectivity index (χ2n) is 6.84. The summed E-state index contributed by atoms with van der Waals surface area (Å²) in [6.45, 7) is 10.3. The van der Waals surface area contributed by atoms with E-state index in [0.717, 1.165) is 63.0 Å². The molecule has 0 atom stereocenters. The number of nitrogens with zero attached hydrogens (tertiary/aromatic N) is 4. The normalized spacial score (nSPS) is 17.0. The number of halogens is 1. The van der Waals surface area contributed by atoms with E-state index in [2.05, 4.69) is 43.3 Å². The van der Waals surface area contributed by atoms with Crippen LogP contribution in [0, 0.1) is 13.8 Å². The number of aryl methyl sites for hydroxylation is 2. The minimum atomic E-state index is 0. The molecule has 134 valence electrons. The molecule has 4 rings (SSSR count). The summed E-state index contributed by atoms with van der Waals surface area (Å²) in [5.41, 5.74) is 6.37. The predicted octanol–water partition coefficient (Wildman–Crippen LogP) is 2.81. The summed E-state index contributed by atoms with van der Waals surface area (Å²) in [4.78, 5) is 14.0. The first kappa shape index (κ1) is 18.0. The van der Waals surface area contributed by atoms with Crippen molar-refractivity contribution < 1.29 is 0 Å². The monoisotopic (exact) mass is 359 g/mol. The van der Waals surface area contributed by atoms with Crippen LogP contribution in [-0.4, -0.2) is 47.6 Å². The van der Waals surface area contributed by atoms with E-state index in [-0.39, 0.29) is 12.4 Å². The van der Waals surface area contributed by atoms with Crippen LogP contribution in [0.15, 0.2) is 24.3 Å². The topological polar surface area (TPSA) is 44.3 Å². The molecule has 1 N–H and O–H groups in total. The highest BCUT2D eigenvalue weighted by molar-refractivity contribution is 5.85.